The first-order chi connectivity index (χ1) is 8.08. The van der Waals surface area contributed by atoms with Crippen molar-refractivity contribution in [1.29, 1.82) is 0 Å². The van der Waals surface area contributed by atoms with Crippen LogP contribution < -0.4 is 5.32 Å². The summed E-state index contributed by atoms with van der Waals surface area (Å²) in [5.74, 6) is -0.0735. The van der Waals surface area contributed by atoms with Crippen LogP contribution in [0.15, 0.2) is 24.3 Å². The molecule has 1 N–H and O–H groups in total. The summed E-state index contributed by atoms with van der Waals surface area (Å²) in [7, 11) is 1.87. The van der Waals surface area contributed by atoms with Gasteiger partial charge in [-0.3, -0.25) is 14.5 Å². The Morgan fingerprint density at radius 3 is 2.88 bits per heavy atom. The van der Waals surface area contributed by atoms with Gasteiger partial charge in [-0.15, -0.1) is 0 Å². The fourth-order valence-corrected chi connectivity index (χ4v) is 2.10. The monoisotopic (exact) mass is 232 g/mol. The summed E-state index contributed by atoms with van der Waals surface area (Å²) < 4.78 is 0. The zero-order valence-electron chi connectivity index (χ0n) is 10.1. The average molecular weight is 232 g/mol. The summed E-state index contributed by atoms with van der Waals surface area (Å²) in [5.41, 5.74) is 1.92. The molecule has 1 aliphatic heterocycles. The number of rotatable bonds is 2. The number of likely N-dealkylation sites (N-methyl/N-ethyl adjacent to an activating group) is 1. The Balaban J connectivity index is 2.28. The Morgan fingerprint density at radius 2 is 2.18 bits per heavy atom. The van der Waals surface area contributed by atoms with Gasteiger partial charge >= 0.3 is 0 Å². The molecule has 4 heteroatoms. The molecule has 2 rings (SSSR count). The minimum absolute atomic E-state index is 0.0305. The number of carbonyl (C=O) groups excluding carboxylic acids is 2. The van der Waals surface area contributed by atoms with E-state index >= 15 is 0 Å². The van der Waals surface area contributed by atoms with E-state index in [-0.39, 0.29) is 24.2 Å². The highest BCUT2D eigenvalue weighted by atomic mass is 16.2. The smallest absolute Gasteiger partial charge is 0.242 e. The lowest BCUT2D eigenvalue weighted by atomic mass is 10.1. The van der Waals surface area contributed by atoms with E-state index in [1.165, 1.54) is 6.92 Å². The molecule has 0 aliphatic carbocycles. The number of anilines is 1. The number of carbonyl (C=O) groups is 2. The van der Waals surface area contributed by atoms with E-state index in [4.69, 9.17) is 0 Å². The quantitative estimate of drug-likeness (QED) is 0.839. The molecule has 1 aliphatic rings. The van der Waals surface area contributed by atoms with Gasteiger partial charge in [0.2, 0.25) is 5.91 Å². The molecule has 1 unspecified atom stereocenters. The van der Waals surface area contributed by atoms with E-state index in [1.807, 2.05) is 36.2 Å². The fourth-order valence-electron chi connectivity index (χ4n) is 2.10. The number of hydrogen-bond acceptors (Lipinski definition) is 3. The minimum atomic E-state index is -0.375. The lowest BCUT2D eigenvalue weighted by molar-refractivity contribution is -0.126. The largest absolute Gasteiger partial charge is 0.324 e. The number of para-hydroxylation sites is 1. The number of fused-ring (bicyclic) bond motifs is 1. The van der Waals surface area contributed by atoms with E-state index in [2.05, 4.69) is 5.32 Å². The van der Waals surface area contributed by atoms with Crippen molar-refractivity contribution in [2.75, 3.05) is 12.4 Å². The normalized spacial score (nSPS) is 20.4. The van der Waals surface area contributed by atoms with Crippen molar-refractivity contribution < 1.29 is 9.59 Å². The number of ketones is 1. The van der Waals surface area contributed by atoms with Crippen molar-refractivity contribution in [3.8, 4) is 0 Å². The molecule has 0 fully saturated rings. The van der Waals surface area contributed by atoms with E-state index in [0.29, 0.717) is 6.54 Å². The molecule has 0 spiro atoms. The standard InChI is InChI=1S/C13H16N2O2/c1-9(16)7-12-13(17)14-11-6-4-3-5-10(11)8-15(12)2/h3-6,12H,7-8H2,1-2H3,(H,14,17). The van der Waals surface area contributed by atoms with Gasteiger partial charge < -0.3 is 5.32 Å². The predicted octanol–water partition coefficient (Wildman–Crippen LogP) is 1.42. The molecule has 0 aromatic heterocycles. The van der Waals surface area contributed by atoms with Gasteiger partial charge in [0.15, 0.2) is 0 Å². The topological polar surface area (TPSA) is 49.4 Å². The second-order valence-electron chi connectivity index (χ2n) is 4.48. The van der Waals surface area contributed by atoms with E-state index in [9.17, 15) is 9.59 Å². The molecule has 0 radical (unpaired) electrons. The summed E-state index contributed by atoms with van der Waals surface area (Å²) >= 11 is 0. The molecule has 1 heterocycles. The van der Waals surface area contributed by atoms with Crippen LogP contribution in [0.5, 0.6) is 0 Å². The van der Waals surface area contributed by atoms with Crippen LogP contribution in [0.25, 0.3) is 0 Å². The highest BCUT2D eigenvalue weighted by Gasteiger charge is 2.28. The molecule has 0 bridgehead atoms. The van der Waals surface area contributed by atoms with E-state index in [1.54, 1.807) is 0 Å². The third-order valence-corrected chi connectivity index (χ3v) is 3.01. The second kappa shape index (κ2) is 4.67. The number of benzene rings is 1. The number of nitrogens with one attached hydrogen (secondary N) is 1. The molecule has 0 saturated carbocycles. The van der Waals surface area contributed by atoms with Crippen molar-refractivity contribution in [2.45, 2.75) is 25.9 Å². The molecule has 1 amide bonds. The van der Waals surface area contributed by atoms with Gasteiger partial charge in [0.05, 0.1) is 6.04 Å². The van der Waals surface area contributed by atoms with Crippen molar-refractivity contribution in [3.05, 3.63) is 29.8 Å². The maximum atomic E-state index is 12.0. The summed E-state index contributed by atoms with van der Waals surface area (Å²) in [6, 6.07) is 7.34. The number of hydrogen-bond donors (Lipinski definition) is 1. The summed E-state index contributed by atoms with van der Waals surface area (Å²) in [6.07, 6.45) is 0.260. The SMILES string of the molecule is CC(=O)CC1C(=O)Nc2ccccc2CN1C. The van der Waals surface area contributed by atoms with Gasteiger partial charge in [-0.2, -0.15) is 0 Å². The van der Waals surface area contributed by atoms with Crippen LogP contribution in [0.2, 0.25) is 0 Å². The minimum Gasteiger partial charge on any atom is -0.324 e. The van der Waals surface area contributed by atoms with Crippen LogP contribution in [0, 0.1) is 0 Å². The molecule has 1 atom stereocenters. The number of Topliss-reactive ketones (excluding diaryl/α,β-unsaturated/α-hetero) is 1. The summed E-state index contributed by atoms with van der Waals surface area (Å²) in [5, 5.41) is 2.88. The summed E-state index contributed by atoms with van der Waals surface area (Å²) in [6.45, 7) is 2.19. The van der Waals surface area contributed by atoms with Crippen molar-refractivity contribution in [3.63, 3.8) is 0 Å². The highest BCUT2D eigenvalue weighted by Crippen LogP contribution is 2.22. The van der Waals surface area contributed by atoms with Crippen LogP contribution >= 0.6 is 0 Å². The lowest BCUT2D eigenvalue weighted by Crippen LogP contribution is -2.40. The first-order valence-corrected chi connectivity index (χ1v) is 5.66. The number of nitrogens with zero attached hydrogens (tertiary/aromatic N) is 1. The maximum absolute atomic E-state index is 12.0. The highest BCUT2D eigenvalue weighted by molar-refractivity contribution is 5.98. The van der Waals surface area contributed by atoms with Crippen LogP contribution in [0.3, 0.4) is 0 Å². The predicted molar refractivity (Wildman–Crippen MR) is 65.6 cm³/mol. The molecule has 1 aromatic rings. The van der Waals surface area contributed by atoms with Crippen LogP contribution in [-0.2, 0) is 16.1 Å². The van der Waals surface area contributed by atoms with Gasteiger partial charge in [0.25, 0.3) is 0 Å². The lowest BCUT2D eigenvalue weighted by Gasteiger charge is -2.22. The Kier molecular flexibility index (Phi) is 3.24. The zero-order valence-corrected chi connectivity index (χ0v) is 10.1. The van der Waals surface area contributed by atoms with Crippen LogP contribution in [0.1, 0.15) is 18.9 Å². The molecule has 17 heavy (non-hydrogen) atoms. The Labute approximate surface area is 101 Å². The van der Waals surface area contributed by atoms with Gasteiger partial charge in [0, 0.05) is 18.7 Å². The molecule has 90 valence electrons. The third-order valence-electron chi connectivity index (χ3n) is 3.01. The zero-order chi connectivity index (χ0) is 12.4. The maximum Gasteiger partial charge on any atom is 0.242 e. The van der Waals surface area contributed by atoms with Crippen LogP contribution in [-0.4, -0.2) is 29.7 Å². The van der Waals surface area contributed by atoms with Gasteiger partial charge in [-0.25, -0.2) is 0 Å². The summed E-state index contributed by atoms with van der Waals surface area (Å²) in [4.78, 5) is 25.1. The first kappa shape index (κ1) is 11.8. The van der Waals surface area contributed by atoms with Crippen molar-refractivity contribution in [1.82, 2.24) is 4.90 Å². The molecular formula is C13H16N2O2. The molecule has 0 saturated heterocycles. The van der Waals surface area contributed by atoms with Gasteiger partial charge in [-0.05, 0) is 25.6 Å². The van der Waals surface area contributed by atoms with E-state index < -0.39 is 0 Å². The molecular weight excluding hydrogens is 216 g/mol. The van der Waals surface area contributed by atoms with E-state index in [0.717, 1.165) is 11.3 Å². The Bertz CT molecular complexity index is 456. The van der Waals surface area contributed by atoms with Crippen LogP contribution in [0.4, 0.5) is 5.69 Å². The average Bonchev–Trinajstić information content (AvgIpc) is 2.38. The van der Waals surface area contributed by atoms with Gasteiger partial charge in [-0.1, -0.05) is 18.2 Å². The molecule has 4 nitrogen and oxygen atoms in total. The fraction of sp³-hybridized carbons (Fsp3) is 0.385. The first-order valence-electron chi connectivity index (χ1n) is 5.66. The third kappa shape index (κ3) is 2.53. The van der Waals surface area contributed by atoms with Crippen molar-refractivity contribution >= 4 is 17.4 Å². The Morgan fingerprint density at radius 1 is 1.47 bits per heavy atom. The molecule has 1 aromatic carbocycles. The second-order valence-corrected chi connectivity index (χ2v) is 4.48. The van der Waals surface area contributed by atoms with Crippen molar-refractivity contribution in [2.24, 2.45) is 0 Å². The number of amides is 1. The Hall–Kier alpha value is -1.68. The van der Waals surface area contributed by atoms with Gasteiger partial charge in [0.1, 0.15) is 5.78 Å².